The van der Waals surface area contributed by atoms with Crippen molar-refractivity contribution >= 4 is 40.0 Å². The van der Waals surface area contributed by atoms with Crippen molar-refractivity contribution in [1.29, 1.82) is 0 Å². The summed E-state index contributed by atoms with van der Waals surface area (Å²) in [5.41, 5.74) is 0.229. The Hall–Kier alpha value is -0.850. The molecule has 1 aromatic rings. The molecule has 0 atom stereocenters. The number of sulfonamides is 1. The minimum atomic E-state index is -3.48. The van der Waals surface area contributed by atoms with Crippen molar-refractivity contribution in [2.24, 2.45) is 17.5 Å². The van der Waals surface area contributed by atoms with Crippen molar-refractivity contribution in [1.82, 2.24) is 19.9 Å². The maximum absolute atomic E-state index is 12.2. The molecule has 0 unspecified atom stereocenters. The molecule has 29 heavy (non-hydrogen) atoms. The van der Waals surface area contributed by atoms with Gasteiger partial charge in [-0.05, 0) is 37.7 Å². The second kappa shape index (κ2) is 12.8. The zero-order valence-corrected chi connectivity index (χ0v) is 20.9. The van der Waals surface area contributed by atoms with Gasteiger partial charge in [0.1, 0.15) is 0 Å². The Bertz CT molecular complexity index is 730. The first-order chi connectivity index (χ1) is 13.4. The third kappa shape index (κ3) is 8.42. The molecule has 0 aromatic carbocycles. The molecule has 3 N–H and O–H groups in total. The predicted octanol–water partition coefficient (Wildman–Crippen LogP) is 2.07. The fourth-order valence-corrected chi connectivity index (χ4v) is 4.69. The molecule has 0 spiro atoms. The molecule has 1 aliphatic rings. The highest BCUT2D eigenvalue weighted by Gasteiger charge is 2.33. The maximum atomic E-state index is 12.2. The van der Waals surface area contributed by atoms with Crippen molar-refractivity contribution < 1.29 is 13.2 Å². The summed E-state index contributed by atoms with van der Waals surface area (Å²) in [4.78, 5) is 5.05. The average Bonchev–Trinajstić information content (AvgIpc) is 3.31. The minimum Gasteiger partial charge on any atom is -0.385 e. The number of ether oxygens (including phenoxy) is 1. The summed E-state index contributed by atoms with van der Waals surface area (Å²) in [7, 11) is 0.0591. The normalized spacial score (nSPS) is 16.4. The van der Waals surface area contributed by atoms with Crippen LogP contribution in [0.15, 0.2) is 28.3 Å². The van der Waals surface area contributed by atoms with Gasteiger partial charge in [-0.2, -0.15) is 0 Å². The van der Waals surface area contributed by atoms with E-state index in [1.165, 1.54) is 25.7 Å². The van der Waals surface area contributed by atoms with Gasteiger partial charge in [-0.15, -0.1) is 24.0 Å². The van der Waals surface area contributed by atoms with Gasteiger partial charge in [0.2, 0.25) is 10.0 Å². The SMILES string of the molecule is CCNC(=NCC1(CCOC)CCCC1)NCCNS(=O)(=O)c1ccn(C)c1.I. The van der Waals surface area contributed by atoms with E-state index in [2.05, 4.69) is 15.4 Å². The molecule has 1 aliphatic carbocycles. The molecular formula is C19H36IN5O3S. The van der Waals surface area contributed by atoms with E-state index in [-0.39, 0.29) is 40.8 Å². The van der Waals surface area contributed by atoms with Crippen LogP contribution in [0.2, 0.25) is 0 Å². The smallest absolute Gasteiger partial charge is 0.242 e. The van der Waals surface area contributed by atoms with Gasteiger partial charge in [0.15, 0.2) is 5.96 Å². The standard InChI is InChI=1S/C19H35N5O3S.HI/c1-4-20-18(22-16-19(10-14-27-3)8-5-6-9-19)21-11-12-23-28(25,26)17-7-13-24(2)15-17;/h7,13,15,23H,4-6,8-12,14,16H2,1-3H3,(H2,20,21,22);1H. The Labute approximate surface area is 192 Å². The van der Waals surface area contributed by atoms with E-state index in [1.54, 1.807) is 37.2 Å². The molecule has 0 bridgehead atoms. The first-order valence-corrected chi connectivity index (χ1v) is 11.5. The Morgan fingerprint density at radius 2 is 2.00 bits per heavy atom. The third-order valence-corrected chi connectivity index (χ3v) is 6.69. The summed E-state index contributed by atoms with van der Waals surface area (Å²) in [5, 5.41) is 6.46. The largest absolute Gasteiger partial charge is 0.385 e. The van der Waals surface area contributed by atoms with Crippen LogP contribution in [0.1, 0.15) is 39.0 Å². The number of aliphatic imine (C=N–C) groups is 1. The number of nitrogens with zero attached hydrogens (tertiary/aromatic N) is 2. The van der Waals surface area contributed by atoms with E-state index in [9.17, 15) is 8.42 Å². The highest BCUT2D eigenvalue weighted by atomic mass is 127. The van der Waals surface area contributed by atoms with Gasteiger partial charge in [-0.1, -0.05) is 12.8 Å². The van der Waals surface area contributed by atoms with Gasteiger partial charge >= 0.3 is 0 Å². The minimum absolute atomic E-state index is 0. The van der Waals surface area contributed by atoms with E-state index in [0.29, 0.717) is 6.54 Å². The number of aryl methyl sites for hydroxylation is 1. The van der Waals surface area contributed by atoms with E-state index < -0.39 is 10.0 Å². The van der Waals surface area contributed by atoms with Crippen LogP contribution in [-0.4, -0.2) is 58.8 Å². The fraction of sp³-hybridized carbons (Fsp3) is 0.737. The molecule has 10 heteroatoms. The lowest BCUT2D eigenvalue weighted by Crippen LogP contribution is -2.42. The number of halogens is 1. The van der Waals surface area contributed by atoms with Crippen molar-refractivity contribution in [3.63, 3.8) is 0 Å². The fourth-order valence-electron chi connectivity index (χ4n) is 3.61. The number of nitrogens with one attached hydrogen (secondary N) is 3. The highest BCUT2D eigenvalue weighted by Crippen LogP contribution is 2.41. The first kappa shape index (κ1) is 26.2. The molecule has 168 valence electrons. The van der Waals surface area contributed by atoms with Gasteiger partial charge in [0.05, 0.1) is 4.90 Å². The lowest BCUT2D eigenvalue weighted by Gasteiger charge is -2.27. The lowest BCUT2D eigenvalue weighted by molar-refractivity contribution is 0.141. The zero-order chi connectivity index (χ0) is 20.5. The number of hydrogen-bond donors (Lipinski definition) is 3. The molecule has 1 saturated carbocycles. The van der Waals surface area contributed by atoms with Crippen LogP contribution < -0.4 is 15.4 Å². The molecule has 1 fully saturated rings. The first-order valence-electron chi connectivity index (χ1n) is 10.0. The molecule has 8 nitrogen and oxygen atoms in total. The van der Waals surface area contributed by atoms with Crippen molar-refractivity contribution in [3.05, 3.63) is 18.5 Å². The van der Waals surface area contributed by atoms with Crippen molar-refractivity contribution in [3.8, 4) is 0 Å². The summed E-state index contributed by atoms with van der Waals surface area (Å²) < 4.78 is 34.1. The monoisotopic (exact) mass is 541 g/mol. The molecule has 0 saturated heterocycles. The number of guanidine groups is 1. The van der Waals surface area contributed by atoms with Gasteiger partial charge in [0.25, 0.3) is 0 Å². The number of aromatic nitrogens is 1. The van der Waals surface area contributed by atoms with Crippen LogP contribution in [0.25, 0.3) is 0 Å². The van der Waals surface area contributed by atoms with E-state index in [0.717, 1.165) is 32.1 Å². The van der Waals surface area contributed by atoms with Crippen LogP contribution in [0, 0.1) is 5.41 Å². The molecule has 0 radical (unpaired) electrons. The van der Waals surface area contributed by atoms with Gasteiger partial charge < -0.3 is 19.9 Å². The molecule has 0 amide bonds. The predicted molar refractivity (Wildman–Crippen MR) is 127 cm³/mol. The summed E-state index contributed by atoms with van der Waals surface area (Å²) in [6, 6.07) is 1.59. The summed E-state index contributed by atoms with van der Waals surface area (Å²) >= 11 is 0. The van der Waals surface area contributed by atoms with Crippen molar-refractivity contribution in [2.75, 3.05) is 39.9 Å². The quantitative estimate of drug-likeness (QED) is 0.173. The van der Waals surface area contributed by atoms with Crippen molar-refractivity contribution in [2.45, 2.75) is 43.9 Å². The summed E-state index contributed by atoms with van der Waals surface area (Å²) in [6.45, 7) is 5.06. The van der Waals surface area contributed by atoms with E-state index in [4.69, 9.17) is 9.73 Å². The zero-order valence-electron chi connectivity index (χ0n) is 17.7. The Morgan fingerprint density at radius 1 is 1.28 bits per heavy atom. The molecule has 1 aromatic heterocycles. The van der Waals surface area contributed by atoms with Gasteiger partial charge in [0, 0.05) is 59.3 Å². The topological polar surface area (TPSA) is 96.8 Å². The number of rotatable bonds is 11. The number of methoxy groups -OCH3 is 1. The Balaban J connectivity index is 0.00000420. The number of hydrogen-bond acceptors (Lipinski definition) is 4. The summed E-state index contributed by atoms with van der Waals surface area (Å²) in [6.07, 6.45) is 9.22. The molecule has 2 rings (SSSR count). The maximum Gasteiger partial charge on any atom is 0.242 e. The Kier molecular flexibility index (Phi) is 11.5. The van der Waals surface area contributed by atoms with Gasteiger partial charge in [-0.25, -0.2) is 13.1 Å². The second-order valence-electron chi connectivity index (χ2n) is 7.48. The van der Waals surface area contributed by atoms with Gasteiger partial charge in [-0.3, -0.25) is 4.99 Å². The van der Waals surface area contributed by atoms with E-state index in [1.807, 2.05) is 6.92 Å². The highest BCUT2D eigenvalue weighted by molar-refractivity contribution is 14.0. The lowest BCUT2D eigenvalue weighted by atomic mass is 9.83. The van der Waals surface area contributed by atoms with Crippen LogP contribution in [0.4, 0.5) is 0 Å². The second-order valence-corrected chi connectivity index (χ2v) is 9.25. The van der Waals surface area contributed by atoms with Crippen LogP contribution in [0.3, 0.4) is 0 Å². The Morgan fingerprint density at radius 3 is 2.59 bits per heavy atom. The van der Waals surface area contributed by atoms with Crippen LogP contribution in [-0.2, 0) is 21.8 Å². The summed E-state index contributed by atoms with van der Waals surface area (Å²) in [5.74, 6) is 0.727. The third-order valence-electron chi connectivity index (χ3n) is 5.24. The molecule has 1 heterocycles. The van der Waals surface area contributed by atoms with Crippen LogP contribution in [0.5, 0.6) is 0 Å². The molecule has 0 aliphatic heterocycles. The van der Waals surface area contributed by atoms with Crippen LogP contribution >= 0.6 is 24.0 Å². The average molecular weight is 542 g/mol. The van der Waals surface area contributed by atoms with E-state index >= 15 is 0 Å². The molecular weight excluding hydrogens is 505 g/mol.